The largest absolute Gasteiger partial charge is 0.323 e. The first-order chi connectivity index (χ1) is 6.50. The van der Waals surface area contributed by atoms with Gasteiger partial charge in [-0.25, -0.2) is 13.2 Å². The standard InChI is InChI=1S/C9H9BrF3N/c10-7-2-1-6(11)3-5(7)4-8(14)9(12)13/h1-3,8-9H,4,14H2. The van der Waals surface area contributed by atoms with E-state index in [4.69, 9.17) is 5.73 Å². The van der Waals surface area contributed by atoms with Crippen molar-refractivity contribution in [2.75, 3.05) is 0 Å². The van der Waals surface area contributed by atoms with Crippen LogP contribution in [0.25, 0.3) is 0 Å². The molecule has 0 spiro atoms. The topological polar surface area (TPSA) is 26.0 Å². The van der Waals surface area contributed by atoms with Crippen LogP contribution in [0.4, 0.5) is 13.2 Å². The van der Waals surface area contributed by atoms with E-state index in [1.165, 1.54) is 18.2 Å². The molecule has 0 aliphatic carbocycles. The molecule has 1 aromatic carbocycles. The van der Waals surface area contributed by atoms with Gasteiger partial charge in [0.05, 0.1) is 6.04 Å². The molecule has 0 aromatic heterocycles. The highest BCUT2D eigenvalue weighted by Gasteiger charge is 2.17. The van der Waals surface area contributed by atoms with Crippen molar-refractivity contribution in [1.29, 1.82) is 0 Å². The van der Waals surface area contributed by atoms with Crippen molar-refractivity contribution >= 4 is 15.9 Å². The molecule has 1 atom stereocenters. The Balaban J connectivity index is 2.80. The van der Waals surface area contributed by atoms with E-state index in [1.807, 2.05) is 0 Å². The summed E-state index contributed by atoms with van der Waals surface area (Å²) in [6.07, 6.45) is -2.64. The van der Waals surface area contributed by atoms with Gasteiger partial charge in [0.25, 0.3) is 6.43 Å². The van der Waals surface area contributed by atoms with E-state index in [2.05, 4.69) is 15.9 Å². The van der Waals surface area contributed by atoms with Gasteiger partial charge in [0, 0.05) is 4.47 Å². The molecule has 1 nitrogen and oxygen atoms in total. The first-order valence-electron chi connectivity index (χ1n) is 3.98. The van der Waals surface area contributed by atoms with Crippen molar-refractivity contribution in [3.05, 3.63) is 34.1 Å². The summed E-state index contributed by atoms with van der Waals surface area (Å²) in [5, 5.41) is 0. The molecule has 0 bridgehead atoms. The average Bonchev–Trinajstić information content (AvgIpc) is 2.11. The van der Waals surface area contributed by atoms with Gasteiger partial charge in [0.2, 0.25) is 0 Å². The van der Waals surface area contributed by atoms with Crippen LogP contribution in [0.15, 0.2) is 22.7 Å². The van der Waals surface area contributed by atoms with Crippen molar-refractivity contribution in [1.82, 2.24) is 0 Å². The third-order valence-corrected chi connectivity index (χ3v) is 2.56. The maximum absolute atomic E-state index is 12.7. The summed E-state index contributed by atoms with van der Waals surface area (Å²) in [5.74, 6) is -0.454. The first-order valence-corrected chi connectivity index (χ1v) is 4.77. The highest BCUT2D eigenvalue weighted by molar-refractivity contribution is 9.10. The van der Waals surface area contributed by atoms with Crippen LogP contribution < -0.4 is 5.73 Å². The summed E-state index contributed by atoms with van der Waals surface area (Å²) >= 11 is 3.14. The Kier molecular flexibility index (Phi) is 3.95. The summed E-state index contributed by atoms with van der Waals surface area (Å²) in [6.45, 7) is 0. The highest BCUT2D eigenvalue weighted by Crippen LogP contribution is 2.20. The average molecular weight is 268 g/mol. The Morgan fingerprint density at radius 3 is 2.57 bits per heavy atom. The van der Waals surface area contributed by atoms with Crippen LogP contribution in [0.2, 0.25) is 0 Å². The number of hydrogen-bond acceptors (Lipinski definition) is 1. The smallest absolute Gasteiger partial charge is 0.253 e. The third kappa shape index (κ3) is 2.99. The first kappa shape index (κ1) is 11.5. The Bertz CT molecular complexity index is 317. The van der Waals surface area contributed by atoms with Gasteiger partial charge in [0.15, 0.2) is 0 Å². The zero-order valence-corrected chi connectivity index (χ0v) is 8.77. The molecule has 14 heavy (non-hydrogen) atoms. The second-order valence-electron chi connectivity index (χ2n) is 2.94. The highest BCUT2D eigenvalue weighted by atomic mass is 79.9. The summed E-state index contributed by atoms with van der Waals surface area (Å²) in [6, 6.07) is 2.67. The lowest BCUT2D eigenvalue weighted by molar-refractivity contribution is 0.116. The number of nitrogens with two attached hydrogens (primary N) is 1. The molecule has 0 aliphatic rings. The second-order valence-corrected chi connectivity index (χ2v) is 3.79. The van der Waals surface area contributed by atoms with Crippen LogP contribution in [-0.2, 0) is 6.42 Å². The van der Waals surface area contributed by atoms with Gasteiger partial charge in [-0.3, -0.25) is 0 Å². The van der Waals surface area contributed by atoms with Gasteiger partial charge in [-0.1, -0.05) is 15.9 Å². The van der Waals surface area contributed by atoms with E-state index in [0.29, 0.717) is 10.0 Å². The molecule has 0 radical (unpaired) electrons. The molecule has 0 saturated carbocycles. The Labute approximate surface area is 88.2 Å². The van der Waals surface area contributed by atoms with Crippen molar-refractivity contribution in [3.63, 3.8) is 0 Å². The lowest BCUT2D eigenvalue weighted by atomic mass is 10.1. The maximum Gasteiger partial charge on any atom is 0.253 e. The normalized spacial score (nSPS) is 13.3. The zero-order chi connectivity index (χ0) is 10.7. The fraction of sp³-hybridized carbons (Fsp3) is 0.333. The van der Waals surface area contributed by atoms with Crippen LogP contribution in [0.5, 0.6) is 0 Å². The summed E-state index contributed by atoms with van der Waals surface area (Å²) < 4.78 is 37.6. The van der Waals surface area contributed by atoms with Crippen LogP contribution in [-0.4, -0.2) is 12.5 Å². The summed E-state index contributed by atoms with van der Waals surface area (Å²) in [4.78, 5) is 0. The number of benzene rings is 1. The molecule has 5 heteroatoms. The Hall–Kier alpha value is -0.550. The zero-order valence-electron chi connectivity index (χ0n) is 7.18. The lowest BCUT2D eigenvalue weighted by Crippen LogP contribution is -2.31. The SMILES string of the molecule is NC(Cc1cc(F)ccc1Br)C(F)F. The Morgan fingerprint density at radius 2 is 2.00 bits per heavy atom. The quantitative estimate of drug-likeness (QED) is 0.896. The molecular weight excluding hydrogens is 259 g/mol. The number of halogens is 4. The monoisotopic (exact) mass is 267 g/mol. The van der Waals surface area contributed by atoms with E-state index in [-0.39, 0.29) is 6.42 Å². The van der Waals surface area contributed by atoms with E-state index in [0.717, 1.165) is 0 Å². The number of rotatable bonds is 3. The van der Waals surface area contributed by atoms with Crippen molar-refractivity contribution in [2.24, 2.45) is 5.73 Å². The van der Waals surface area contributed by atoms with Gasteiger partial charge in [-0.15, -0.1) is 0 Å². The lowest BCUT2D eigenvalue weighted by Gasteiger charge is -2.11. The van der Waals surface area contributed by atoms with E-state index in [1.54, 1.807) is 0 Å². The van der Waals surface area contributed by atoms with Gasteiger partial charge in [-0.05, 0) is 30.2 Å². The van der Waals surface area contributed by atoms with E-state index < -0.39 is 18.3 Å². The predicted octanol–water partition coefficient (Wildman–Crippen LogP) is 2.72. The van der Waals surface area contributed by atoms with Gasteiger partial charge in [0.1, 0.15) is 5.82 Å². The molecule has 0 aliphatic heterocycles. The van der Waals surface area contributed by atoms with Crippen molar-refractivity contribution < 1.29 is 13.2 Å². The Morgan fingerprint density at radius 1 is 1.36 bits per heavy atom. The number of alkyl halides is 2. The molecule has 0 heterocycles. The fourth-order valence-electron chi connectivity index (χ4n) is 1.04. The minimum Gasteiger partial charge on any atom is -0.323 e. The minimum atomic E-state index is -2.59. The molecule has 0 saturated heterocycles. The van der Waals surface area contributed by atoms with E-state index >= 15 is 0 Å². The minimum absolute atomic E-state index is 0.0456. The van der Waals surface area contributed by atoms with Crippen molar-refractivity contribution in [3.8, 4) is 0 Å². The molecule has 1 unspecified atom stereocenters. The molecule has 0 amide bonds. The molecule has 1 aromatic rings. The van der Waals surface area contributed by atoms with Crippen LogP contribution in [0, 0.1) is 5.82 Å². The third-order valence-electron chi connectivity index (χ3n) is 1.79. The van der Waals surface area contributed by atoms with Crippen LogP contribution in [0.1, 0.15) is 5.56 Å². The van der Waals surface area contributed by atoms with Gasteiger partial charge in [-0.2, -0.15) is 0 Å². The number of hydrogen-bond donors (Lipinski definition) is 1. The second kappa shape index (κ2) is 4.79. The maximum atomic E-state index is 12.7. The fourth-order valence-corrected chi connectivity index (χ4v) is 1.45. The summed E-state index contributed by atoms with van der Waals surface area (Å²) in [7, 11) is 0. The van der Waals surface area contributed by atoms with Crippen molar-refractivity contribution in [2.45, 2.75) is 18.9 Å². The molecule has 2 N–H and O–H groups in total. The summed E-state index contributed by atoms with van der Waals surface area (Å²) in [5.41, 5.74) is 5.63. The molecular formula is C9H9BrF3N. The van der Waals surface area contributed by atoms with Gasteiger partial charge >= 0.3 is 0 Å². The predicted molar refractivity (Wildman–Crippen MR) is 51.8 cm³/mol. The molecule has 1 rings (SSSR count). The van der Waals surface area contributed by atoms with E-state index in [9.17, 15) is 13.2 Å². The molecule has 0 fully saturated rings. The van der Waals surface area contributed by atoms with Gasteiger partial charge < -0.3 is 5.73 Å². The molecule has 78 valence electrons. The van der Waals surface area contributed by atoms with Crippen LogP contribution in [0.3, 0.4) is 0 Å². The van der Waals surface area contributed by atoms with Crippen LogP contribution >= 0.6 is 15.9 Å².